The molecule has 43 heavy (non-hydrogen) atoms. The molecule has 4 N–H and O–H groups in total. The van der Waals surface area contributed by atoms with Gasteiger partial charge in [-0.1, -0.05) is 71.4 Å². The number of hydrogen-bond acceptors (Lipinski definition) is 4. The number of nitrogens with two attached hydrogens (primary N) is 1. The third-order valence-corrected chi connectivity index (χ3v) is 8.63. The fraction of sp³-hybridized carbons (Fsp3) is 0.471. The minimum atomic E-state index is -0.908. The molecule has 7 nitrogen and oxygen atoms in total. The molecule has 9 heteroatoms. The Morgan fingerprint density at radius 1 is 1.19 bits per heavy atom. The van der Waals surface area contributed by atoms with Crippen molar-refractivity contribution in [3.63, 3.8) is 0 Å². The normalized spacial score (nSPS) is 21.2. The highest BCUT2D eigenvalue weighted by atomic mass is 35.5. The second-order valence-corrected chi connectivity index (χ2v) is 14.4. The summed E-state index contributed by atoms with van der Waals surface area (Å²) in [5.41, 5.74) is 6.63. The Morgan fingerprint density at radius 3 is 2.40 bits per heavy atom. The summed E-state index contributed by atoms with van der Waals surface area (Å²) in [5.74, 6) is -0.912. The van der Waals surface area contributed by atoms with Crippen molar-refractivity contribution in [2.24, 2.45) is 27.5 Å². The zero-order valence-corrected chi connectivity index (χ0v) is 26.7. The van der Waals surface area contributed by atoms with Crippen LogP contribution in [-0.4, -0.2) is 40.5 Å². The van der Waals surface area contributed by atoms with Gasteiger partial charge >= 0.3 is 0 Å². The lowest BCUT2D eigenvalue weighted by Crippen LogP contribution is -2.49. The van der Waals surface area contributed by atoms with Crippen LogP contribution in [0, 0.1) is 28.0 Å². The van der Waals surface area contributed by atoms with Gasteiger partial charge in [0.25, 0.3) is 11.8 Å². The second kappa shape index (κ2) is 12.2. The lowest BCUT2D eigenvalue weighted by atomic mass is 9.73. The van der Waals surface area contributed by atoms with E-state index in [-0.39, 0.29) is 51.8 Å². The third kappa shape index (κ3) is 7.35. The van der Waals surface area contributed by atoms with Gasteiger partial charge in [-0.3, -0.25) is 15.0 Å². The molecule has 1 spiro atoms. The minimum Gasteiger partial charge on any atom is -0.386 e. The zero-order valence-electron chi connectivity index (χ0n) is 25.9. The van der Waals surface area contributed by atoms with E-state index in [0.717, 1.165) is 18.4 Å². The molecule has 0 saturated heterocycles. The van der Waals surface area contributed by atoms with Crippen LogP contribution >= 0.6 is 11.6 Å². The SMILES string of the molecule is CC(C)(C)CC[C@H](c1ccc(C(=O)NCC(=N)N)cc1)N1C(=O)C(c2ccc(F)c(Cl)c2)=NC12C=CC(C(C)(C)C)CC2. The van der Waals surface area contributed by atoms with Crippen LogP contribution in [0.25, 0.3) is 0 Å². The minimum absolute atomic E-state index is 0.00854. The molecule has 0 bridgehead atoms. The van der Waals surface area contributed by atoms with E-state index in [1.54, 1.807) is 18.2 Å². The average molecular weight is 608 g/mol. The Bertz CT molecular complexity index is 1450. The monoisotopic (exact) mass is 607 g/mol. The first-order chi connectivity index (χ1) is 20.0. The molecule has 2 aromatic rings. The van der Waals surface area contributed by atoms with Crippen LogP contribution in [-0.2, 0) is 4.79 Å². The maximum Gasteiger partial charge on any atom is 0.275 e. The Kier molecular flexibility index (Phi) is 9.21. The van der Waals surface area contributed by atoms with Crippen LogP contribution in [0.3, 0.4) is 0 Å². The highest BCUT2D eigenvalue weighted by Crippen LogP contribution is 2.47. The van der Waals surface area contributed by atoms with Crippen LogP contribution in [0.4, 0.5) is 4.39 Å². The second-order valence-electron chi connectivity index (χ2n) is 14.0. The lowest BCUT2D eigenvalue weighted by molar-refractivity contribution is -0.130. The highest BCUT2D eigenvalue weighted by Gasteiger charge is 2.51. The predicted octanol–water partition coefficient (Wildman–Crippen LogP) is 7.05. The zero-order chi connectivity index (χ0) is 31.7. The summed E-state index contributed by atoms with van der Waals surface area (Å²) in [7, 11) is 0. The molecule has 1 aliphatic carbocycles. The number of nitrogens with one attached hydrogen (secondary N) is 2. The molecule has 1 aliphatic heterocycles. The Morgan fingerprint density at radius 2 is 1.86 bits per heavy atom. The third-order valence-electron chi connectivity index (χ3n) is 8.34. The van der Waals surface area contributed by atoms with E-state index >= 15 is 0 Å². The molecule has 0 radical (unpaired) electrons. The molecule has 2 unspecified atom stereocenters. The van der Waals surface area contributed by atoms with Gasteiger partial charge in [0.2, 0.25) is 0 Å². The number of amidine groups is 1. The van der Waals surface area contributed by atoms with E-state index in [1.165, 1.54) is 12.1 Å². The highest BCUT2D eigenvalue weighted by molar-refractivity contribution is 6.47. The van der Waals surface area contributed by atoms with Gasteiger partial charge in [-0.05, 0) is 84.4 Å². The number of allylic oxidation sites excluding steroid dienone is 1. The largest absolute Gasteiger partial charge is 0.386 e. The molecule has 0 saturated carbocycles. The molecule has 4 rings (SSSR count). The molecule has 3 atom stereocenters. The summed E-state index contributed by atoms with van der Waals surface area (Å²) >= 11 is 6.14. The van der Waals surface area contributed by atoms with Crippen LogP contribution < -0.4 is 11.1 Å². The summed E-state index contributed by atoms with van der Waals surface area (Å²) < 4.78 is 14.1. The van der Waals surface area contributed by atoms with Crippen molar-refractivity contribution in [1.82, 2.24) is 10.2 Å². The average Bonchev–Trinajstić information content (AvgIpc) is 3.19. The van der Waals surface area contributed by atoms with E-state index in [9.17, 15) is 14.0 Å². The van der Waals surface area contributed by atoms with E-state index in [2.05, 4.69) is 59.0 Å². The summed E-state index contributed by atoms with van der Waals surface area (Å²) in [6.07, 6.45) is 7.28. The van der Waals surface area contributed by atoms with Crippen LogP contribution in [0.5, 0.6) is 0 Å². The van der Waals surface area contributed by atoms with Crippen LogP contribution in [0.1, 0.15) is 94.8 Å². The molecule has 0 fully saturated rings. The summed E-state index contributed by atoms with van der Waals surface area (Å²) in [6, 6.07) is 11.2. The molecule has 2 aromatic carbocycles. The number of carbonyl (C=O) groups is 2. The molecule has 2 amide bonds. The van der Waals surface area contributed by atoms with Gasteiger partial charge in [0, 0.05) is 11.1 Å². The molecular weight excluding hydrogens is 565 g/mol. The molecule has 0 aromatic heterocycles. The van der Waals surface area contributed by atoms with Crippen molar-refractivity contribution < 1.29 is 14.0 Å². The Balaban J connectivity index is 1.80. The molecule has 230 valence electrons. The van der Waals surface area contributed by atoms with Gasteiger partial charge in [0.05, 0.1) is 17.6 Å². The number of nitrogens with zero attached hydrogens (tertiary/aromatic N) is 2. The van der Waals surface area contributed by atoms with Crippen molar-refractivity contribution in [2.45, 2.75) is 78.9 Å². The maximum absolute atomic E-state index is 14.4. The first-order valence-electron chi connectivity index (χ1n) is 14.8. The van der Waals surface area contributed by atoms with Crippen molar-refractivity contribution in [3.05, 3.63) is 82.1 Å². The number of amides is 2. The lowest BCUT2D eigenvalue weighted by Gasteiger charge is -2.44. The fourth-order valence-electron chi connectivity index (χ4n) is 5.81. The predicted molar refractivity (Wildman–Crippen MR) is 171 cm³/mol. The van der Waals surface area contributed by atoms with Crippen molar-refractivity contribution in [1.29, 1.82) is 5.41 Å². The maximum atomic E-state index is 14.4. The number of halogens is 2. The van der Waals surface area contributed by atoms with Crippen molar-refractivity contribution in [3.8, 4) is 0 Å². The van der Waals surface area contributed by atoms with Gasteiger partial charge in [-0.25, -0.2) is 9.38 Å². The topological polar surface area (TPSA) is 112 Å². The molecule has 2 aliphatic rings. The number of hydrogen-bond donors (Lipinski definition) is 3. The molecule has 1 heterocycles. The standard InChI is InChI=1S/C34H43ClFN5O2/c1-32(2,3)16-15-27(21-7-9-22(10-8-21)30(42)39-20-28(37)38)41-31(43)29(23-11-12-26(36)25(35)19-23)40-34(41)17-13-24(14-18-34)33(4,5)6/h7-13,17,19,24,27H,14-16,18,20H2,1-6H3,(H3,37,38)(H,39,42)/t24?,27-,34?/m1/s1. The number of carbonyl (C=O) groups excluding carboxylic acids is 2. The first-order valence-corrected chi connectivity index (χ1v) is 15.2. The van der Waals surface area contributed by atoms with E-state index in [1.807, 2.05) is 17.0 Å². The quantitative estimate of drug-likeness (QED) is 0.170. The van der Waals surface area contributed by atoms with E-state index < -0.39 is 11.5 Å². The van der Waals surface area contributed by atoms with Gasteiger partial charge < -0.3 is 16.0 Å². The van der Waals surface area contributed by atoms with Crippen LogP contribution in [0.2, 0.25) is 5.02 Å². The Labute approximate surface area is 259 Å². The van der Waals surface area contributed by atoms with Crippen molar-refractivity contribution >= 4 is 35.0 Å². The summed E-state index contributed by atoms with van der Waals surface area (Å²) in [5, 5.41) is 9.95. The van der Waals surface area contributed by atoms with Gasteiger partial charge in [0.1, 0.15) is 17.4 Å². The van der Waals surface area contributed by atoms with Crippen molar-refractivity contribution in [2.75, 3.05) is 6.54 Å². The Hall–Kier alpha value is -3.52. The summed E-state index contributed by atoms with van der Waals surface area (Å²) in [4.78, 5) is 34.1. The first kappa shape index (κ1) is 32.4. The number of benzene rings is 2. The summed E-state index contributed by atoms with van der Waals surface area (Å²) in [6.45, 7) is 13.1. The number of aliphatic imine (C=N–C) groups is 1. The fourth-order valence-corrected chi connectivity index (χ4v) is 5.99. The van der Waals surface area contributed by atoms with Gasteiger partial charge in [-0.2, -0.15) is 0 Å². The van der Waals surface area contributed by atoms with Gasteiger partial charge in [0.15, 0.2) is 5.66 Å². The van der Waals surface area contributed by atoms with E-state index in [4.69, 9.17) is 27.7 Å². The van der Waals surface area contributed by atoms with E-state index in [0.29, 0.717) is 29.9 Å². The van der Waals surface area contributed by atoms with Gasteiger partial charge in [-0.15, -0.1) is 0 Å². The van der Waals surface area contributed by atoms with Crippen LogP contribution in [0.15, 0.2) is 59.6 Å². The smallest absolute Gasteiger partial charge is 0.275 e. The number of rotatable bonds is 8. The molecular formula is C34H43ClFN5O2.